The van der Waals surface area contributed by atoms with Crippen molar-refractivity contribution in [3.8, 4) is 34.3 Å². The van der Waals surface area contributed by atoms with E-state index in [9.17, 15) is 9.90 Å². The normalized spacial score (nSPS) is 11.8. The fourth-order valence-electron chi connectivity index (χ4n) is 3.71. The molecule has 29 heavy (non-hydrogen) atoms. The zero-order valence-corrected chi connectivity index (χ0v) is 16.1. The van der Waals surface area contributed by atoms with Crippen molar-refractivity contribution >= 4 is 11.6 Å². The Balaban J connectivity index is 1.72. The number of benzene rings is 3. The molecule has 3 aromatic carbocycles. The minimum Gasteiger partial charge on any atom is -0.493 e. The first-order valence-corrected chi connectivity index (χ1v) is 9.67. The molecule has 0 unspecified atom stereocenters. The summed E-state index contributed by atoms with van der Waals surface area (Å²) in [6.07, 6.45) is 0.623. The van der Waals surface area contributed by atoms with Gasteiger partial charge >= 0.3 is 5.69 Å². The molecule has 0 spiro atoms. The van der Waals surface area contributed by atoms with Gasteiger partial charge in [-0.2, -0.15) is 0 Å². The lowest BCUT2D eigenvalue weighted by molar-refractivity contribution is 0.414. The van der Waals surface area contributed by atoms with Gasteiger partial charge in [0.05, 0.1) is 5.69 Å². The van der Waals surface area contributed by atoms with E-state index in [1.54, 1.807) is 18.2 Å². The third kappa shape index (κ3) is 2.91. The summed E-state index contributed by atoms with van der Waals surface area (Å²) >= 11 is 6.21. The van der Waals surface area contributed by atoms with Crippen molar-refractivity contribution in [2.75, 3.05) is 0 Å². The average Bonchev–Trinajstić information content (AvgIpc) is 2.89. The van der Waals surface area contributed by atoms with Gasteiger partial charge in [-0.05, 0) is 42.3 Å². The van der Waals surface area contributed by atoms with Crippen molar-refractivity contribution < 1.29 is 9.84 Å². The molecule has 0 saturated heterocycles. The number of nitrogens with zero attached hydrogens (tertiary/aromatic N) is 2. The first-order chi connectivity index (χ1) is 14.1. The Kier molecular flexibility index (Phi) is 4.18. The summed E-state index contributed by atoms with van der Waals surface area (Å²) in [6.45, 7) is 0.355. The SMILES string of the molecule is O=c1n(CCc2ccccc2)c(O)c2n1-c1cc(Cl)ccc1Oc1ccccc1-2. The summed E-state index contributed by atoms with van der Waals surface area (Å²) in [5.74, 6) is 0.982. The maximum absolute atomic E-state index is 13.4. The van der Waals surface area contributed by atoms with E-state index < -0.39 is 0 Å². The van der Waals surface area contributed by atoms with E-state index in [4.69, 9.17) is 16.3 Å². The maximum Gasteiger partial charge on any atom is 0.336 e. The van der Waals surface area contributed by atoms with E-state index in [0.29, 0.717) is 46.4 Å². The Hall–Kier alpha value is -3.44. The number of rotatable bonds is 3. The zero-order chi connectivity index (χ0) is 20.0. The van der Waals surface area contributed by atoms with E-state index in [1.807, 2.05) is 54.6 Å². The van der Waals surface area contributed by atoms with Crippen molar-refractivity contribution in [2.45, 2.75) is 13.0 Å². The Morgan fingerprint density at radius 1 is 0.931 bits per heavy atom. The van der Waals surface area contributed by atoms with Gasteiger partial charge < -0.3 is 9.84 Å². The van der Waals surface area contributed by atoms with E-state index >= 15 is 0 Å². The lowest BCUT2D eigenvalue weighted by Crippen LogP contribution is -2.24. The van der Waals surface area contributed by atoms with Crippen LogP contribution in [0.3, 0.4) is 0 Å². The molecule has 4 aromatic rings. The summed E-state index contributed by atoms with van der Waals surface area (Å²) in [6, 6.07) is 22.3. The average molecular weight is 405 g/mol. The number of hydrogen-bond donors (Lipinski definition) is 1. The van der Waals surface area contributed by atoms with Crippen molar-refractivity contribution in [3.63, 3.8) is 0 Å². The van der Waals surface area contributed by atoms with Crippen LogP contribution in [0, 0.1) is 0 Å². The van der Waals surface area contributed by atoms with E-state index in [-0.39, 0.29) is 11.6 Å². The highest BCUT2D eigenvalue weighted by atomic mass is 35.5. The monoisotopic (exact) mass is 404 g/mol. The molecule has 0 fully saturated rings. The molecule has 1 aliphatic rings. The lowest BCUT2D eigenvalue weighted by Gasteiger charge is -2.09. The number of imidazole rings is 1. The zero-order valence-electron chi connectivity index (χ0n) is 15.4. The summed E-state index contributed by atoms with van der Waals surface area (Å²) in [5, 5.41) is 11.5. The van der Waals surface area contributed by atoms with Gasteiger partial charge in [0.1, 0.15) is 11.4 Å². The van der Waals surface area contributed by atoms with Gasteiger partial charge in [0, 0.05) is 17.1 Å². The number of aryl methyl sites for hydroxylation is 1. The number of aromatic hydroxyl groups is 1. The third-order valence-corrected chi connectivity index (χ3v) is 5.34. The van der Waals surface area contributed by atoms with Crippen LogP contribution in [0.25, 0.3) is 16.9 Å². The fourth-order valence-corrected chi connectivity index (χ4v) is 3.87. The maximum atomic E-state index is 13.4. The van der Waals surface area contributed by atoms with E-state index in [1.165, 1.54) is 9.13 Å². The Morgan fingerprint density at radius 3 is 2.52 bits per heavy atom. The van der Waals surface area contributed by atoms with Gasteiger partial charge in [0.25, 0.3) is 0 Å². The van der Waals surface area contributed by atoms with Crippen molar-refractivity contribution in [2.24, 2.45) is 0 Å². The molecule has 0 aliphatic carbocycles. The van der Waals surface area contributed by atoms with Crippen LogP contribution in [-0.4, -0.2) is 14.2 Å². The molecular weight excluding hydrogens is 388 g/mol. The molecule has 0 bridgehead atoms. The Labute approximate surface area is 172 Å². The Morgan fingerprint density at radius 2 is 1.69 bits per heavy atom. The molecule has 6 heteroatoms. The Bertz CT molecular complexity index is 1280. The predicted octanol–water partition coefficient (Wildman–Crippen LogP) is 5.01. The first-order valence-electron chi connectivity index (χ1n) is 9.29. The molecule has 5 rings (SSSR count). The van der Waals surface area contributed by atoms with Crippen LogP contribution in [-0.2, 0) is 13.0 Å². The number of fused-ring (bicyclic) bond motifs is 5. The number of aromatic nitrogens is 2. The van der Waals surface area contributed by atoms with Crippen LogP contribution in [0.2, 0.25) is 5.02 Å². The van der Waals surface area contributed by atoms with Crippen LogP contribution in [0.4, 0.5) is 0 Å². The van der Waals surface area contributed by atoms with Crippen molar-refractivity contribution in [1.82, 2.24) is 9.13 Å². The predicted molar refractivity (Wildman–Crippen MR) is 112 cm³/mol. The van der Waals surface area contributed by atoms with Gasteiger partial charge in [0.2, 0.25) is 5.88 Å². The molecule has 144 valence electrons. The quantitative estimate of drug-likeness (QED) is 0.459. The van der Waals surface area contributed by atoms with Crippen LogP contribution in [0.15, 0.2) is 77.6 Å². The number of halogens is 1. The largest absolute Gasteiger partial charge is 0.493 e. The topological polar surface area (TPSA) is 56.4 Å². The molecule has 0 saturated carbocycles. The second-order valence-electron chi connectivity index (χ2n) is 6.89. The molecule has 0 atom stereocenters. The highest BCUT2D eigenvalue weighted by molar-refractivity contribution is 6.30. The van der Waals surface area contributed by atoms with Crippen LogP contribution >= 0.6 is 11.6 Å². The van der Waals surface area contributed by atoms with E-state index in [2.05, 4.69) is 0 Å². The van der Waals surface area contributed by atoms with Gasteiger partial charge in [-0.3, -0.25) is 9.13 Å². The van der Waals surface area contributed by atoms with Crippen LogP contribution in [0.5, 0.6) is 17.4 Å². The van der Waals surface area contributed by atoms with Gasteiger partial charge in [-0.1, -0.05) is 54.1 Å². The lowest BCUT2D eigenvalue weighted by atomic mass is 10.1. The number of ether oxygens (including phenoxy) is 1. The molecule has 0 amide bonds. The fraction of sp³-hybridized carbons (Fsp3) is 0.0870. The summed E-state index contributed by atoms with van der Waals surface area (Å²) in [7, 11) is 0. The molecule has 1 N–H and O–H groups in total. The van der Waals surface area contributed by atoms with Crippen LogP contribution < -0.4 is 10.4 Å². The first kappa shape index (κ1) is 17.6. The second-order valence-corrected chi connectivity index (χ2v) is 7.32. The van der Waals surface area contributed by atoms with Crippen molar-refractivity contribution in [1.29, 1.82) is 0 Å². The van der Waals surface area contributed by atoms with Crippen LogP contribution in [0.1, 0.15) is 5.56 Å². The smallest absolute Gasteiger partial charge is 0.336 e. The molecule has 1 aromatic heterocycles. The van der Waals surface area contributed by atoms with Gasteiger partial charge in [0.15, 0.2) is 5.75 Å². The molecule has 0 radical (unpaired) electrons. The number of hydrogen-bond acceptors (Lipinski definition) is 3. The van der Waals surface area contributed by atoms with Crippen molar-refractivity contribution in [3.05, 3.63) is 93.9 Å². The summed E-state index contributed by atoms with van der Waals surface area (Å²) in [4.78, 5) is 13.4. The molecule has 5 nitrogen and oxygen atoms in total. The molecule has 1 aliphatic heterocycles. The minimum atomic E-state index is -0.336. The highest BCUT2D eigenvalue weighted by Crippen LogP contribution is 2.44. The molecule has 2 heterocycles. The minimum absolute atomic E-state index is 0.0881. The second kappa shape index (κ2) is 6.87. The van der Waals surface area contributed by atoms with Gasteiger partial charge in [-0.15, -0.1) is 0 Å². The molecular formula is C23H17ClN2O3. The number of para-hydroxylation sites is 1. The van der Waals surface area contributed by atoms with E-state index in [0.717, 1.165) is 5.56 Å². The summed E-state index contributed by atoms with van der Waals surface area (Å²) < 4.78 is 8.92. The van der Waals surface area contributed by atoms with Gasteiger partial charge in [-0.25, -0.2) is 4.79 Å². The third-order valence-electron chi connectivity index (χ3n) is 5.10. The standard InChI is InChI=1S/C23H17ClN2O3/c24-16-10-11-20-18(14-16)26-21(17-8-4-5-9-19(17)29-20)22(27)25(23(26)28)13-12-15-6-2-1-3-7-15/h1-11,14,27H,12-13H2. The highest BCUT2D eigenvalue weighted by Gasteiger charge is 2.29. The summed E-state index contributed by atoms with van der Waals surface area (Å²) in [5.41, 5.74) is 2.31.